The first-order valence-electron chi connectivity index (χ1n) is 6.13. The van der Waals surface area contributed by atoms with Crippen LogP contribution in [0.1, 0.15) is 24.3 Å². The van der Waals surface area contributed by atoms with Gasteiger partial charge in [0.05, 0.1) is 5.69 Å². The van der Waals surface area contributed by atoms with Crippen LogP contribution in [-0.4, -0.2) is 36.1 Å². The van der Waals surface area contributed by atoms with Crippen molar-refractivity contribution in [1.82, 2.24) is 9.46 Å². The van der Waals surface area contributed by atoms with Crippen molar-refractivity contribution >= 4 is 10.0 Å². The Balaban J connectivity index is 1.88. The molecule has 112 valence electrons. The molecule has 3 fully saturated rings. The minimum absolute atomic E-state index is 0.0592. The minimum atomic E-state index is -4.54. The summed E-state index contributed by atoms with van der Waals surface area (Å²) in [6.45, 7) is 1.55. The molecule has 2 aliphatic heterocycles. The summed E-state index contributed by atoms with van der Waals surface area (Å²) >= 11 is 0. The van der Waals surface area contributed by atoms with E-state index in [0.29, 0.717) is 10.00 Å². The van der Waals surface area contributed by atoms with Crippen molar-refractivity contribution in [1.29, 1.82) is 0 Å². The van der Waals surface area contributed by atoms with Gasteiger partial charge in [0.25, 0.3) is 0 Å². The van der Waals surface area contributed by atoms with E-state index in [1.165, 1.54) is 6.07 Å². The topological polar surface area (TPSA) is 63.4 Å². The van der Waals surface area contributed by atoms with Crippen molar-refractivity contribution in [2.45, 2.75) is 37.2 Å². The Kier molecular flexibility index (Phi) is 2.75. The zero-order chi connectivity index (χ0) is 14.8. The maximum absolute atomic E-state index is 13.2. The number of aryl methyl sites for hydroxylation is 1. The molecule has 3 aliphatic rings. The first-order valence-corrected chi connectivity index (χ1v) is 7.74. The summed E-state index contributed by atoms with van der Waals surface area (Å²) in [7, 11) is -4.07. The molecule has 0 spiro atoms. The maximum Gasteiger partial charge on any atom is 0.407 e. The van der Waals surface area contributed by atoms with Gasteiger partial charge in [-0.05, 0) is 25.7 Å². The average molecular weight is 310 g/mol. The van der Waals surface area contributed by atoms with E-state index in [2.05, 4.69) is 5.16 Å². The van der Waals surface area contributed by atoms with E-state index in [0.717, 1.165) is 0 Å². The summed E-state index contributed by atoms with van der Waals surface area (Å²) < 4.78 is 69.4. The summed E-state index contributed by atoms with van der Waals surface area (Å²) in [5.74, 6) is -0.718. The van der Waals surface area contributed by atoms with Gasteiger partial charge < -0.3 is 4.52 Å². The number of fused-ring (bicyclic) bond motifs is 1. The lowest BCUT2D eigenvalue weighted by Crippen LogP contribution is -2.58. The molecule has 1 aliphatic carbocycles. The molecule has 4 rings (SSSR count). The second-order valence-corrected chi connectivity index (χ2v) is 7.42. The Bertz CT molecular complexity index is 632. The number of rotatable bonds is 3. The quantitative estimate of drug-likeness (QED) is 0.854. The molecule has 3 heterocycles. The van der Waals surface area contributed by atoms with E-state index in [9.17, 15) is 21.6 Å². The van der Waals surface area contributed by atoms with Crippen LogP contribution >= 0.6 is 0 Å². The van der Waals surface area contributed by atoms with Crippen LogP contribution in [-0.2, 0) is 15.8 Å². The van der Waals surface area contributed by atoms with Crippen molar-refractivity contribution in [3.05, 3.63) is 17.5 Å². The van der Waals surface area contributed by atoms with Crippen LogP contribution in [0.15, 0.2) is 10.6 Å². The molecule has 0 N–H and O–H groups in total. The number of nitrogens with zero attached hydrogens (tertiary/aromatic N) is 2. The second kappa shape index (κ2) is 3.97. The van der Waals surface area contributed by atoms with Gasteiger partial charge in [-0.1, -0.05) is 5.16 Å². The van der Waals surface area contributed by atoms with Crippen LogP contribution in [0.3, 0.4) is 0 Å². The molecule has 0 unspecified atom stereocenters. The van der Waals surface area contributed by atoms with Gasteiger partial charge in [0.2, 0.25) is 10.0 Å². The summed E-state index contributed by atoms with van der Waals surface area (Å²) in [6, 6.07) is 1.41. The Labute approximate surface area is 113 Å². The average Bonchev–Trinajstić information content (AvgIpc) is 2.87. The molecule has 1 aromatic heterocycles. The molecular formula is C11H13F3N2O3S. The predicted octanol–water partition coefficient (Wildman–Crippen LogP) is 1.84. The van der Waals surface area contributed by atoms with Gasteiger partial charge in [-0.25, -0.2) is 8.42 Å². The molecule has 5 nitrogen and oxygen atoms in total. The summed E-state index contributed by atoms with van der Waals surface area (Å²) in [5, 5.41) is 3.54. The van der Waals surface area contributed by atoms with E-state index in [-0.39, 0.29) is 31.1 Å². The molecule has 0 amide bonds. The van der Waals surface area contributed by atoms with Crippen LogP contribution in [0.25, 0.3) is 0 Å². The molecule has 1 aromatic rings. The summed E-state index contributed by atoms with van der Waals surface area (Å²) in [4.78, 5) is 0. The first kappa shape index (κ1) is 13.9. The standard InChI is InChI=1S/C11H13F3N2O3S/c1-7-2-9(19-15-7)6-20(17,18)16-5-8-3-10(16,4-8)11(12,13)14/h2,8H,3-6H2,1H3. The molecule has 9 heteroatoms. The monoisotopic (exact) mass is 310 g/mol. The van der Waals surface area contributed by atoms with Crippen molar-refractivity contribution in [2.75, 3.05) is 6.54 Å². The van der Waals surface area contributed by atoms with Gasteiger partial charge in [-0.3, -0.25) is 0 Å². The first-order chi connectivity index (χ1) is 9.14. The van der Waals surface area contributed by atoms with Crippen molar-refractivity contribution in [3.63, 3.8) is 0 Å². The van der Waals surface area contributed by atoms with E-state index in [4.69, 9.17) is 4.52 Å². The number of halogens is 3. The third kappa shape index (κ3) is 1.86. The van der Waals surface area contributed by atoms with Crippen molar-refractivity contribution in [2.24, 2.45) is 5.92 Å². The highest BCUT2D eigenvalue weighted by molar-refractivity contribution is 7.88. The van der Waals surface area contributed by atoms with E-state index in [1.54, 1.807) is 6.92 Å². The molecule has 2 bridgehead atoms. The fraction of sp³-hybridized carbons (Fsp3) is 0.727. The summed E-state index contributed by atoms with van der Waals surface area (Å²) in [6.07, 6.45) is -4.80. The third-order valence-corrected chi connectivity index (χ3v) is 5.84. The molecule has 20 heavy (non-hydrogen) atoms. The van der Waals surface area contributed by atoms with E-state index in [1.807, 2.05) is 0 Å². The van der Waals surface area contributed by atoms with Gasteiger partial charge in [0.1, 0.15) is 11.3 Å². The van der Waals surface area contributed by atoms with E-state index < -0.39 is 27.5 Å². The van der Waals surface area contributed by atoms with Gasteiger partial charge in [0.15, 0.2) is 5.76 Å². The maximum atomic E-state index is 13.2. The van der Waals surface area contributed by atoms with Crippen LogP contribution in [0.4, 0.5) is 13.2 Å². The fourth-order valence-electron chi connectivity index (χ4n) is 3.13. The third-order valence-electron chi connectivity index (χ3n) is 4.02. The van der Waals surface area contributed by atoms with Crippen LogP contribution in [0, 0.1) is 12.8 Å². The van der Waals surface area contributed by atoms with Gasteiger partial charge >= 0.3 is 6.18 Å². The largest absolute Gasteiger partial charge is 0.407 e. The lowest BCUT2D eigenvalue weighted by atomic mass is 9.73. The number of hydrogen-bond acceptors (Lipinski definition) is 4. The smallest absolute Gasteiger partial charge is 0.360 e. The SMILES string of the molecule is Cc1cc(CS(=O)(=O)N2CC3CC2(C(F)(F)F)C3)on1. The number of aromatic nitrogens is 1. The van der Waals surface area contributed by atoms with Gasteiger partial charge in [0, 0.05) is 12.6 Å². The highest BCUT2D eigenvalue weighted by atomic mass is 32.2. The number of alkyl halides is 3. The molecule has 2 saturated heterocycles. The lowest BCUT2D eigenvalue weighted by Gasteiger charge is -2.42. The Morgan fingerprint density at radius 1 is 1.50 bits per heavy atom. The predicted molar refractivity (Wildman–Crippen MR) is 62.1 cm³/mol. The molecular weight excluding hydrogens is 297 g/mol. The van der Waals surface area contributed by atoms with E-state index >= 15 is 0 Å². The highest BCUT2D eigenvalue weighted by Crippen LogP contribution is 2.59. The van der Waals surface area contributed by atoms with Gasteiger partial charge in [-0.2, -0.15) is 17.5 Å². The number of sulfonamides is 1. The zero-order valence-corrected chi connectivity index (χ0v) is 11.5. The Hall–Kier alpha value is -1.09. The van der Waals surface area contributed by atoms with Gasteiger partial charge in [-0.15, -0.1) is 0 Å². The molecule has 0 atom stereocenters. The normalized spacial score (nSPS) is 30.5. The van der Waals surface area contributed by atoms with Crippen LogP contribution in [0.2, 0.25) is 0 Å². The molecule has 0 radical (unpaired) electrons. The van der Waals surface area contributed by atoms with Crippen LogP contribution in [0.5, 0.6) is 0 Å². The number of hydrogen-bond donors (Lipinski definition) is 0. The summed E-state index contributed by atoms with van der Waals surface area (Å²) in [5.41, 5.74) is -1.71. The Morgan fingerprint density at radius 3 is 2.65 bits per heavy atom. The van der Waals surface area contributed by atoms with Crippen LogP contribution < -0.4 is 0 Å². The fourth-order valence-corrected chi connectivity index (χ4v) is 5.01. The van der Waals surface area contributed by atoms with Crippen molar-refractivity contribution in [3.8, 4) is 0 Å². The molecule has 1 saturated carbocycles. The second-order valence-electron chi connectivity index (χ2n) is 5.53. The van der Waals surface area contributed by atoms with Crippen molar-refractivity contribution < 1.29 is 26.1 Å². The lowest BCUT2D eigenvalue weighted by molar-refractivity contribution is -0.225. The molecule has 0 aromatic carbocycles. The Morgan fingerprint density at radius 2 is 2.15 bits per heavy atom. The highest BCUT2D eigenvalue weighted by Gasteiger charge is 2.72. The minimum Gasteiger partial charge on any atom is -0.360 e. The zero-order valence-electron chi connectivity index (χ0n) is 10.6.